The predicted molar refractivity (Wildman–Crippen MR) is 63.3 cm³/mol. The highest BCUT2D eigenvalue weighted by molar-refractivity contribution is 6.31. The molecule has 2 rings (SSSR count). The van der Waals surface area contributed by atoms with Crippen LogP contribution in [-0.4, -0.2) is 14.7 Å². The molecule has 3 nitrogen and oxygen atoms in total. The van der Waals surface area contributed by atoms with Crippen LogP contribution in [0.15, 0.2) is 30.6 Å². The largest absolute Gasteiger partial charge is 0.385 e. The number of hydrogen-bond donors (Lipinski definition) is 1. The first-order valence-electron chi connectivity index (χ1n) is 5.17. The Hall–Kier alpha value is -1.39. The van der Waals surface area contributed by atoms with Crippen LogP contribution in [0.1, 0.15) is 17.5 Å². The van der Waals surface area contributed by atoms with Crippen LogP contribution >= 0.6 is 11.6 Å². The SMILES string of the molecule is Cn1ccnc1C(O)Cc1cc(F)ccc1Cl. The molecule has 1 heterocycles. The van der Waals surface area contributed by atoms with Crippen LogP contribution in [0.5, 0.6) is 0 Å². The molecule has 0 saturated heterocycles. The lowest BCUT2D eigenvalue weighted by Crippen LogP contribution is -2.08. The highest BCUT2D eigenvalue weighted by Crippen LogP contribution is 2.23. The molecular formula is C12H12ClFN2O. The number of aryl methyl sites for hydroxylation is 1. The number of aromatic nitrogens is 2. The minimum absolute atomic E-state index is 0.238. The smallest absolute Gasteiger partial charge is 0.137 e. The molecule has 90 valence electrons. The fourth-order valence-electron chi connectivity index (χ4n) is 1.70. The number of benzene rings is 1. The van der Waals surface area contributed by atoms with E-state index < -0.39 is 6.10 Å². The van der Waals surface area contributed by atoms with Crippen molar-refractivity contribution in [2.45, 2.75) is 12.5 Å². The molecular weight excluding hydrogens is 243 g/mol. The van der Waals surface area contributed by atoms with E-state index in [-0.39, 0.29) is 12.2 Å². The lowest BCUT2D eigenvalue weighted by molar-refractivity contribution is 0.165. The van der Waals surface area contributed by atoms with Gasteiger partial charge in [-0.05, 0) is 23.8 Å². The van der Waals surface area contributed by atoms with Crippen LogP contribution in [0.25, 0.3) is 0 Å². The summed E-state index contributed by atoms with van der Waals surface area (Å²) in [6.07, 6.45) is 2.79. The average molecular weight is 255 g/mol. The van der Waals surface area contributed by atoms with E-state index in [1.807, 2.05) is 0 Å². The summed E-state index contributed by atoms with van der Waals surface area (Å²) in [6, 6.07) is 4.10. The van der Waals surface area contributed by atoms with E-state index >= 15 is 0 Å². The second-order valence-electron chi connectivity index (χ2n) is 3.85. The van der Waals surface area contributed by atoms with Gasteiger partial charge in [-0.3, -0.25) is 0 Å². The first kappa shape index (κ1) is 12.1. The number of aliphatic hydroxyl groups excluding tert-OH is 1. The monoisotopic (exact) mass is 254 g/mol. The molecule has 0 aliphatic rings. The van der Waals surface area contributed by atoms with Crippen molar-refractivity contribution in [3.05, 3.63) is 52.8 Å². The molecule has 0 aliphatic carbocycles. The highest BCUT2D eigenvalue weighted by atomic mass is 35.5. The fourth-order valence-corrected chi connectivity index (χ4v) is 1.89. The van der Waals surface area contributed by atoms with Crippen LogP contribution in [0.4, 0.5) is 4.39 Å². The Morgan fingerprint density at radius 3 is 2.94 bits per heavy atom. The summed E-state index contributed by atoms with van der Waals surface area (Å²) in [5.74, 6) is 0.168. The third kappa shape index (κ3) is 2.65. The lowest BCUT2D eigenvalue weighted by Gasteiger charge is -2.11. The van der Waals surface area contributed by atoms with E-state index in [0.717, 1.165) is 0 Å². The second kappa shape index (κ2) is 4.85. The molecule has 1 aromatic heterocycles. The van der Waals surface area contributed by atoms with Crippen LogP contribution in [0.2, 0.25) is 5.02 Å². The van der Waals surface area contributed by atoms with Gasteiger partial charge >= 0.3 is 0 Å². The van der Waals surface area contributed by atoms with E-state index in [4.69, 9.17) is 11.6 Å². The van der Waals surface area contributed by atoms with Crippen LogP contribution in [0.3, 0.4) is 0 Å². The maximum Gasteiger partial charge on any atom is 0.137 e. The zero-order chi connectivity index (χ0) is 12.4. The van der Waals surface area contributed by atoms with Gasteiger partial charge in [-0.15, -0.1) is 0 Å². The van der Waals surface area contributed by atoms with Gasteiger partial charge in [0.25, 0.3) is 0 Å². The first-order valence-corrected chi connectivity index (χ1v) is 5.55. The Morgan fingerprint density at radius 1 is 1.53 bits per heavy atom. The Morgan fingerprint density at radius 2 is 2.29 bits per heavy atom. The summed E-state index contributed by atoms with van der Waals surface area (Å²) >= 11 is 5.94. The van der Waals surface area contributed by atoms with Gasteiger partial charge in [-0.2, -0.15) is 0 Å². The van der Waals surface area contributed by atoms with Gasteiger partial charge in [0.1, 0.15) is 17.7 Å². The van der Waals surface area contributed by atoms with Crippen molar-refractivity contribution >= 4 is 11.6 Å². The molecule has 0 spiro atoms. The Labute approximate surface area is 103 Å². The Balaban J connectivity index is 2.21. The molecule has 0 radical (unpaired) electrons. The topological polar surface area (TPSA) is 38.0 Å². The van der Waals surface area contributed by atoms with Crippen molar-refractivity contribution in [3.63, 3.8) is 0 Å². The maximum atomic E-state index is 13.1. The number of hydrogen-bond acceptors (Lipinski definition) is 2. The molecule has 0 saturated carbocycles. The van der Waals surface area contributed by atoms with Gasteiger partial charge in [0, 0.05) is 30.9 Å². The molecule has 1 N–H and O–H groups in total. The highest BCUT2D eigenvalue weighted by Gasteiger charge is 2.15. The molecule has 1 aromatic carbocycles. The molecule has 0 aliphatic heterocycles. The van der Waals surface area contributed by atoms with E-state index in [9.17, 15) is 9.50 Å². The van der Waals surface area contributed by atoms with E-state index in [2.05, 4.69) is 4.98 Å². The predicted octanol–water partition coefficient (Wildman–Crippen LogP) is 2.49. The van der Waals surface area contributed by atoms with Crippen molar-refractivity contribution < 1.29 is 9.50 Å². The van der Waals surface area contributed by atoms with Gasteiger partial charge in [0.15, 0.2) is 0 Å². The summed E-state index contributed by atoms with van der Waals surface area (Å²) in [4.78, 5) is 4.04. The number of halogens is 2. The minimum atomic E-state index is -0.797. The van der Waals surface area contributed by atoms with E-state index in [1.165, 1.54) is 18.2 Å². The third-order valence-corrected chi connectivity index (χ3v) is 2.95. The van der Waals surface area contributed by atoms with Gasteiger partial charge in [0.05, 0.1) is 0 Å². The van der Waals surface area contributed by atoms with Gasteiger partial charge in [-0.25, -0.2) is 9.37 Å². The zero-order valence-electron chi connectivity index (χ0n) is 9.27. The Bertz CT molecular complexity index is 527. The maximum absolute atomic E-state index is 13.1. The van der Waals surface area contributed by atoms with Crippen LogP contribution in [-0.2, 0) is 13.5 Å². The molecule has 17 heavy (non-hydrogen) atoms. The average Bonchev–Trinajstić information content (AvgIpc) is 2.70. The van der Waals surface area contributed by atoms with Crippen molar-refractivity contribution in [1.82, 2.24) is 9.55 Å². The second-order valence-corrected chi connectivity index (χ2v) is 4.26. The summed E-state index contributed by atoms with van der Waals surface area (Å²) in [5.41, 5.74) is 0.571. The van der Waals surface area contributed by atoms with Crippen molar-refractivity contribution in [3.8, 4) is 0 Å². The lowest BCUT2D eigenvalue weighted by atomic mass is 10.1. The number of rotatable bonds is 3. The normalized spacial score (nSPS) is 12.7. The summed E-state index contributed by atoms with van der Waals surface area (Å²) in [7, 11) is 1.79. The molecule has 5 heteroatoms. The minimum Gasteiger partial charge on any atom is -0.385 e. The first-order chi connectivity index (χ1) is 8.08. The molecule has 0 fully saturated rings. The Kier molecular flexibility index (Phi) is 3.45. The molecule has 1 atom stereocenters. The summed E-state index contributed by atoms with van der Waals surface area (Å²) < 4.78 is 14.8. The van der Waals surface area contributed by atoms with Crippen LogP contribution in [0, 0.1) is 5.82 Å². The standard InChI is InChI=1S/C12H12ClFN2O/c1-16-5-4-15-12(16)11(17)7-8-6-9(14)2-3-10(8)13/h2-6,11,17H,7H2,1H3. The number of nitrogens with zero attached hydrogens (tertiary/aromatic N) is 2. The quantitative estimate of drug-likeness (QED) is 0.914. The summed E-state index contributed by atoms with van der Waals surface area (Å²) in [6.45, 7) is 0. The molecule has 2 aromatic rings. The van der Waals surface area contributed by atoms with E-state index in [0.29, 0.717) is 16.4 Å². The van der Waals surface area contributed by atoms with Crippen molar-refractivity contribution in [2.24, 2.45) is 7.05 Å². The van der Waals surface area contributed by atoms with Gasteiger partial charge in [0.2, 0.25) is 0 Å². The van der Waals surface area contributed by atoms with Gasteiger partial charge < -0.3 is 9.67 Å². The molecule has 0 bridgehead atoms. The van der Waals surface area contributed by atoms with Crippen LogP contribution < -0.4 is 0 Å². The third-order valence-electron chi connectivity index (χ3n) is 2.58. The van der Waals surface area contributed by atoms with Crippen molar-refractivity contribution in [1.29, 1.82) is 0 Å². The van der Waals surface area contributed by atoms with E-state index in [1.54, 1.807) is 24.0 Å². The number of aliphatic hydroxyl groups is 1. The van der Waals surface area contributed by atoms with Crippen molar-refractivity contribution in [2.75, 3.05) is 0 Å². The summed E-state index contributed by atoms with van der Waals surface area (Å²) in [5, 5.41) is 10.4. The number of imidazole rings is 1. The zero-order valence-corrected chi connectivity index (χ0v) is 10.0. The molecule has 0 amide bonds. The molecule has 1 unspecified atom stereocenters. The fraction of sp³-hybridized carbons (Fsp3) is 0.250. The van der Waals surface area contributed by atoms with Gasteiger partial charge in [-0.1, -0.05) is 11.6 Å².